The first-order chi connectivity index (χ1) is 12.0. The van der Waals surface area contributed by atoms with Crippen molar-refractivity contribution < 1.29 is 10.2 Å². The molecule has 0 saturated heterocycles. The second-order valence-corrected chi connectivity index (χ2v) is 7.28. The normalized spacial score (nSPS) is 13.8. The minimum atomic E-state index is -0.641. The van der Waals surface area contributed by atoms with E-state index < -0.39 is 6.10 Å². The largest absolute Gasteiger partial charge is 0.394 e. The Morgan fingerprint density at radius 3 is 2.12 bits per heavy atom. The number of unbranched alkanes of at least 4 members (excludes halogenated alkanes) is 6. The van der Waals surface area contributed by atoms with E-state index in [2.05, 4.69) is 17.1 Å². The molecule has 0 spiro atoms. The van der Waals surface area contributed by atoms with E-state index in [0.29, 0.717) is 18.4 Å². The van der Waals surface area contributed by atoms with E-state index in [1.807, 2.05) is 0 Å². The van der Waals surface area contributed by atoms with Crippen molar-refractivity contribution in [2.75, 3.05) is 32.8 Å². The smallest absolute Gasteiger partial charge is 0.0899 e. The number of amidine groups is 1. The lowest BCUT2D eigenvalue weighted by Gasteiger charge is -2.24. The summed E-state index contributed by atoms with van der Waals surface area (Å²) in [4.78, 5) is 2.28. The Morgan fingerprint density at radius 2 is 1.60 bits per heavy atom. The molecule has 0 aromatic carbocycles. The number of nitrogens with two attached hydrogens (primary N) is 1. The summed E-state index contributed by atoms with van der Waals surface area (Å²) in [7, 11) is 0. The Kier molecular flexibility index (Phi) is 16.3. The van der Waals surface area contributed by atoms with Crippen LogP contribution in [0.5, 0.6) is 0 Å². The van der Waals surface area contributed by atoms with Crippen LogP contribution in [0.25, 0.3) is 0 Å². The lowest BCUT2D eigenvalue weighted by atomic mass is 10.1. The van der Waals surface area contributed by atoms with Crippen molar-refractivity contribution in [1.82, 2.24) is 10.2 Å². The van der Waals surface area contributed by atoms with Crippen molar-refractivity contribution in [1.29, 1.82) is 5.41 Å². The van der Waals surface area contributed by atoms with Crippen LogP contribution in [0.4, 0.5) is 0 Å². The van der Waals surface area contributed by atoms with Gasteiger partial charge in [-0.3, -0.25) is 5.41 Å². The minimum absolute atomic E-state index is 0.167. The average molecular weight is 359 g/mol. The van der Waals surface area contributed by atoms with Crippen molar-refractivity contribution in [3.8, 4) is 0 Å². The summed E-state index contributed by atoms with van der Waals surface area (Å²) in [6.07, 6.45) is 9.75. The van der Waals surface area contributed by atoms with Crippen LogP contribution in [0.15, 0.2) is 0 Å². The van der Waals surface area contributed by atoms with Crippen LogP contribution in [0.2, 0.25) is 0 Å². The van der Waals surface area contributed by atoms with Gasteiger partial charge in [0.05, 0.1) is 18.5 Å². The Hall–Kier alpha value is -0.690. The summed E-state index contributed by atoms with van der Waals surface area (Å²) in [5.41, 5.74) is 5.76. The number of nitrogens with one attached hydrogen (secondary N) is 2. The molecular weight excluding hydrogens is 316 g/mol. The van der Waals surface area contributed by atoms with E-state index in [9.17, 15) is 5.11 Å². The van der Waals surface area contributed by atoms with Crippen molar-refractivity contribution in [2.24, 2.45) is 5.73 Å². The van der Waals surface area contributed by atoms with E-state index in [4.69, 9.17) is 16.2 Å². The van der Waals surface area contributed by atoms with Crippen molar-refractivity contribution in [2.45, 2.75) is 83.8 Å². The number of aliphatic hydroxyl groups excluding tert-OH is 2. The molecule has 0 saturated carbocycles. The maximum absolute atomic E-state index is 9.72. The van der Waals surface area contributed by atoms with Gasteiger partial charge in [0.1, 0.15) is 0 Å². The van der Waals surface area contributed by atoms with Gasteiger partial charge in [-0.2, -0.15) is 0 Å². The van der Waals surface area contributed by atoms with Crippen LogP contribution in [-0.2, 0) is 0 Å². The molecule has 150 valence electrons. The summed E-state index contributed by atoms with van der Waals surface area (Å²) < 4.78 is 0. The molecule has 0 aromatic heterocycles. The standard InChI is InChI=1S/C19H42N4O2/c1-17(20)11-7-3-5-9-13-23(15-19(25)16-24)14-10-6-4-8-12-22-18(2)21/h17,19,24-25H,3-16,20H2,1-2H3,(H2,21,22). The Bertz CT molecular complexity index is 314. The van der Waals surface area contributed by atoms with Gasteiger partial charge >= 0.3 is 0 Å². The second-order valence-electron chi connectivity index (χ2n) is 7.28. The molecule has 0 aliphatic heterocycles. The molecule has 2 unspecified atom stereocenters. The van der Waals surface area contributed by atoms with Crippen LogP contribution >= 0.6 is 0 Å². The third-order valence-corrected chi connectivity index (χ3v) is 4.35. The second kappa shape index (κ2) is 16.8. The minimum Gasteiger partial charge on any atom is -0.394 e. The molecule has 6 nitrogen and oxygen atoms in total. The predicted molar refractivity (Wildman–Crippen MR) is 106 cm³/mol. The molecule has 0 amide bonds. The summed E-state index contributed by atoms with van der Waals surface area (Å²) in [6.45, 7) is 7.06. The van der Waals surface area contributed by atoms with Gasteiger partial charge in [-0.15, -0.1) is 0 Å². The van der Waals surface area contributed by atoms with Crippen LogP contribution in [-0.4, -0.2) is 65.9 Å². The molecule has 0 heterocycles. The molecule has 0 bridgehead atoms. The first-order valence-electron chi connectivity index (χ1n) is 10.0. The molecule has 0 aliphatic rings. The molecular formula is C19H42N4O2. The fourth-order valence-electron chi connectivity index (χ4n) is 2.90. The van der Waals surface area contributed by atoms with Gasteiger partial charge in [0.2, 0.25) is 0 Å². The Labute approximate surface area is 154 Å². The van der Waals surface area contributed by atoms with E-state index >= 15 is 0 Å². The third-order valence-electron chi connectivity index (χ3n) is 4.35. The first kappa shape index (κ1) is 24.3. The molecule has 2 atom stereocenters. The summed E-state index contributed by atoms with van der Waals surface area (Å²) in [5.74, 6) is 0.532. The highest BCUT2D eigenvalue weighted by Gasteiger charge is 2.10. The lowest BCUT2D eigenvalue weighted by molar-refractivity contribution is 0.0579. The Morgan fingerprint density at radius 1 is 1.04 bits per heavy atom. The molecule has 25 heavy (non-hydrogen) atoms. The summed E-state index contributed by atoms with van der Waals surface area (Å²) >= 11 is 0. The molecule has 0 aromatic rings. The van der Waals surface area contributed by atoms with Crippen molar-refractivity contribution in [3.05, 3.63) is 0 Å². The molecule has 6 N–H and O–H groups in total. The molecule has 0 aliphatic carbocycles. The highest BCUT2D eigenvalue weighted by atomic mass is 16.3. The fraction of sp³-hybridized carbons (Fsp3) is 0.947. The topological polar surface area (TPSA) is 106 Å². The zero-order valence-electron chi connectivity index (χ0n) is 16.5. The van der Waals surface area contributed by atoms with E-state index in [-0.39, 0.29) is 6.61 Å². The molecule has 6 heteroatoms. The van der Waals surface area contributed by atoms with Gasteiger partial charge in [0.25, 0.3) is 0 Å². The number of nitrogens with zero attached hydrogens (tertiary/aromatic N) is 1. The van der Waals surface area contributed by atoms with E-state index in [1.54, 1.807) is 6.92 Å². The maximum Gasteiger partial charge on any atom is 0.0899 e. The molecule has 0 radical (unpaired) electrons. The van der Waals surface area contributed by atoms with Gasteiger partial charge in [0, 0.05) is 19.1 Å². The predicted octanol–water partition coefficient (Wildman–Crippen LogP) is 2.09. The number of rotatable bonds is 17. The monoisotopic (exact) mass is 358 g/mol. The zero-order chi connectivity index (χ0) is 18.9. The van der Waals surface area contributed by atoms with Gasteiger partial charge in [-0.05, 0) is 52.6 Å². The van der Waals surface area contributed by atoms with E-state index in [0.717, 1.165) is 51.7 Å². The van der Waals surface area contributed by atoms with Crippen LogP contribution < -0.4 is 11.1 Å². The molecule has 0 rings (SSSR count). The van der Waals surface area contributed by atoms with Crippen LogP contribution in [0, 0.1) is 5.41 Å². The quantitative estimate of drug-likeness (QED) is 0.155. The maximum atomic E-state index is 9.72. The van der Waals surface area contributed by atoms with E-state index in [1.165, 1.54) is 25.7 Å². The number of hydrogen-bond acceptors (Lipinski definition) is 5. The number of aliphatic hydroxyl groups is 2. The number of hydrogen-bond donors (Lipinski definition) is 5. The SMILES string of the molecule is CC(=N)NCCCCCCN(CCCCCCC(C)N)CC(O)CO. The zero-order valence-corrected chi connectivity index (χ0v) is 16.5. The Balaban J connectivity index is 3.80. The van der Waals surface area contributed by atoms with Crippen molar-refractivity contribution in [3.63, 3.8) is 0 Å². The highest BCUT2D eigenvalue weighted by molar-refractivity contribution is 5.75. The first-order valence-corrected chi connectivity index (χ1v) is 10.0. The summed E-state index contributed by atoms with van der Waals surface area (Å²) in [6, 6.07) is 0.300. The lowest BCUT2D eigenvalue weighted by Crippen LogP contribution is -2.35. The van der Waals surface area contributed by atoms with Crippen LogP contribution in [0.1, 0.15) is 71.6 Å². The summed E-state index contributed by atoms with van der Waals surface area (Å²) in [5, 5.41) is 29.1. The van der Waals surface area contributed by atoms with Gasteiger partial charge < -0.3 is 26.2 Å². The molecule has 0 fully saturated rings. The van der Waals surface area contributed by atoms with Gasteiger partial charge in [-0.1, -0.05) is 32.1 Å². The fourth-order valence-corrected chi connectivity index (χ4v) is 2.90. The van der Waals surface area contributed by atoms with Crippen molar-refractivity contribution >= 4 is 5.84 Å². The third kappa shape index (κ3) is 17.9. The van der Waals surface area contributed by atoms with Crippen LogP contribution in [0.3, 0.4) is 0 Å². The van der Waals surface area contributed by atoms with Gasteiger partial charge in [0.15, 0.2) is 0 Å². The van der Waals surface area contributed by atoms with Gasteiger partial charge in [-0.25, -0.2) is 0 Å². The highest BCUT2D eigenvalue weighted by Crippen LogP contribution is 2.08. The average Bonchev–Trinajstić information content (AvgIpc) is 2.55.